The molecule has 2 heterocycles. The maximum Gasteiger partial charge on any atom is 0.266 e. The molecule has 2 aromatic heterocycles. The van der Waals surface area contributed by atoms with E-state index in [1.165, 1.54) is 0 Å². The summed E-state index contributed by atoms with van der Waals surface area (Å²) in [6.07, 6.45) is 4.01. The molecule has 118 valence electrons. The highest BCUT2D eigenvalue weighted by atomic mass is 16.1. The summed E-state index contributed by atoms with van der Waals surface area (Å²) < 4.78 is 0. The molecular weight excluding hydrogens is 312 g/mol. The molecule has 0 aliphatic heterocycles. The average molecular weight is 324 g/mol. The van der Waals surface area contributed by atoms with Crippen LogP contribution in [-0.4, -0.2) is 9.97 Å². The van der Waals surface area contributed by atoms with Crippen LogP contribution in [0.3, 0.4) is 0 Å². The van der Waals surface area contributed by atoms with Crippen LogP contribution in [0, 0.1) is 29.6 Å². The van der Waals surface area contributed by atoms with E-state index in [1.807, 2.05) is 25.1 Å². The molecule has 0 radical (unpaired) electrons. The summed E-state index contributed by atoms with van der Waals surface area (Å²) in [5.41, 5.74) is 6.01. The fourth-order valence-corrected chi connectivity index (χ4v) is 3.39. The van der Waals surface area contributed by atoms with Crippen LogP contribution in [0.4, 0.5) is 0 Å². The Balaban J connectivity index is 2.07. The second kappa shape index (κ2) is 5.43. The Hall–Kier alpha value is -3.70. The fourth-order valence-electron chi connectivity index (χ4n) is 3.39. The van der Waals surface area contributed by atoms with Crippen molar-refractivity contribution in [3.8, 4) is 34.5 Å². The molecule has 0 saturated carbocycles. The number of hydrogen-bond acceptors (Lipinski definition) is 4. The number of nitrogens with zero attached hydrogens (tertiary/aromatic N) is 3. The summed E-state index contributed by atoms with van der Waals surface area (Å²) in [4.78, 5) is 19.5. The molecule has 0 spiro atoms. The van der Waals surface area contributed by atoms with Crippen LogP contribution >= 0.6 is 0 Å². The van der Waals surface area contributed by atoms with E-state index in [0.717, 1.165) is 27.8 Å². The molecule has 1 aliphatic rings. The van der Waals surface area contributed by atoms with Gasteiger partial charge in [0.05, 0.1) is 17.3 Å². The lowest BCUT2D eigenvalue weighted by molar-refractivity contribution is 1.17. The van der Waals surface area contributed by atoms with Gasteiger partial charge in [-0.25, -0.2) is 0 Å². The fraction of sp³-hybridized carbons (Fsp3) is 0.100. The Kier molecular flexibility index (Phi) is 3.23. The number of rotatable bonds is 1. The van der Waals surface area contributed by atoms with Gasteiger partial charge in [0, 0.05) is 35.5 Å². The Morgan fingerprint density at radius 2 is 2.00 bits per heavy atom. The van der Waals surface area contributed by atoms with E-state index in [-0.39, 0.29) is 5.56 Å². The van der Waals surface area contributed by atoms with Gasteiger partial charge < -0.3 is 4.98 Å². The first-order chi connectivity index (χ1) is 12.1. The predicted molar refractivity (Wildman–Crippen MR) is 92.7 cm³/mol. The van der Waals surface area contributed by atoms with Crippen LogP contribution in [0.15, 0.2) is 41.5 Å². The van der Waals surface area contributed by atoms with Crippen LogP contribution in [0.25, 0.3) is 22.4 Å². The first-order valence-corrected chi connectivity index (χ1v) is 7.77. The molecule has 5 heteroatoms. The van der Waals surface area contributed by atoms with Crippen LogP contribution in [0.2, 0.25) is 0 Å². The van der Waals surface area contributed by atoms with E-state index >= 15 is 0 Å². The molecule has 25 heavy (non-hydrogen) atoms. The maximum atomic E-state index is 12.5. The summed E-state index contributed by atoms with van der Waals surface area (Å²) in [6, 6.07) is 11.5. The minimum absolute atomic E-state index is 0.0967. The van der Waals surface area contributed by atoms with E-state index < -0.39 is 5.56 Å². The summed E-state index contributed by atoms with van der Waals surface area (Å²) in [7, 11) is 0. The topological polar surface area (TPSA) is 93.3 Å². The van der Waals surface area contributed by atoms with Crippen molar-refractivity contribution >= 4 is 0 Å². The number of benzene rings is 1. The van der Waals surface area contributed by atoms with E-state index in [4.69, 9.17) is 5.26 Å². The van der Waals surface area contributed by atoms with Crippen molar-refractivity contribution in [2.75, 3.05) is 0 Å². The van der Waals surface area contributed by atoms with Gasteiger partial charge in [0.1, 0.15) is 11.6 Å². The summed E-state index contributed by atoms with van der Waals surface area (Å²) in [5.74, 6) is 0. The van der Waals surface area contributed by atoms with Crippen LogP contribution in [0.5, 0.6) is 0 Å². The van der Waals surface area contributed by atoms with E-state index in [1.54, 1.807) is 24.5 Å². The molecule has 4 rings (SSSR count). The number of aryl methyl sites for hydroxylation is 1. The van der Waals surface area contributed by atoms with E-state index in [2.05, 4.69) is 16.0 Å². The van der Waals surface area contributed by atoms with Gasteiger partial charge in [0.2, 0.25) is 0 Å². The molecule has 3 aromatic rings. The first-order valence-electron chi connectivity index (χ1n) is 7.77. The maximum absolute atomic E-state index is 12.5. The second-order valence-corrected chi connectivity index (χ2v) is 6.08. The first kappa shape index (κ1) is 14.9. The smallest absolute Gasteiger partial charge is 0.266 e. The van der Waals surface area contributed by atoms with Crippen molar-refractivity contribution in [2.24, 2.45) is 0 Å². The predicted octanol–water partition coefficient (Wildman–Crippen LogP) is 3.06. The van der Waals surface area contributed by atoms with Crippen LogP contribution in [0.1, 0.15) is 27.8 Å². The van der Waals surface area contributed by atoms with Gasteiger partial charge in [-0.1, -0.05) is 6.07 Å². The van der Waals surface area contributed by atoms with Crippen LogP contribution in [-0.2, 0) is 6.42 Å². The largest absolute Gasteiger partial charge is 0.320 e. The number of fused-ring (bicyclic) bond motifs is 3. The zero-order valence-electron chi connectivity index (χ0n) is 13.4. The van der Waals surface area contributed by atoms with Crippen molar-refractivity contribution in [1.82, 2.24) is 9.97 Å². The van der Waals surface area contributed by atoms with Gasteiger partial charge in [0.15, 0.2) is 0 Å². The minimum atomic E-state index is -0.423. The number of aromatic nitrogens is 2. The number of pyridine rings is 2. The molecule has 0 bridgehead atoms. The van der Waals surface area contributed by atoms with Gasteiger partial charge in [-0.2, -0.15) is 10.5 Å². The monoisotopic (exact) mass is 324 g/mol. The minimum Gasteiger partial charge on any atom is -0.320 e. The van der Waals surface area contributed by atoms with Crippen molar-refractivity contribution in [2.45, 2.75) is 13.3 Å². The quantitative estimate of drug-likeness (QED) is 0.582. The van der Waals surface area contributed by atoms with Gasteiger partial charge in [-0.3, -0.25) is 9.78 Å². The van der Waals surface area contributed by atoms with Gasteiger partial charge >= 0.3 is 0 Å². The Morgan fingerprint density at radius 1 is 1.16 bits per heavy atom. The van der Waals surface area contributed by atoms with Crippen LogP contribution < -0.4 is 5.56 Å². The Bertz CT molecular complexity index is 1180. The number of aromatic amines is 1. The zero-order valence-corrected chi connectivity index (χ0v) is 13.4. The van der Waals surface area contributed by atoms with E-state index in [0.29, 0.717) is 23.2 Å². The zero-order chi connectivity index (χ0) is 17.6. The molecule has 1 aromatic carbocycles. The highest BCUT2D eigenvalue weighted by Gasteiger charge is 2.27. The molecule has 1 aliphatic carbocycles. The van der Waals surface area contributed by atoms with Crippen molar-refractivity contribution in [3.63, 3.8) is 0 Å². The summed E-state index contributed by atoms with van der Waals surface area (Å²) in [5, 5.41) is 18.7. The molecule has 5 nitrogen and oxygen atoms in total. The van der Waals surface area contributed by atoms with Gasteiger partial charge in [-0.15, -0.1) is 0 Å². The van der Waals surface area contributed by atoms with Crippen molar-refractivity contribution in [3.05, 3.63) is 74.8 Å². The standard InChI is InChI=1S/C20H12N4O/c1-11-4-14(10-23-9-11)18-16-6-13-3-2-12(7-21)5-15(13)19(16)24-20(25)17(18)8-22/h2-5,9-10H,6H2,1H3,(H,24,25). The lowest BCUT2D eigenvalue weighted by Crippen LogP contribution is -2.14. The summed E-state index contributed by atoms with van der Waals surface area (Å²) >= 11 is 0. The SMILES string of the molecule is Cc1cncc(-c2c3c([nH]c(=O)c2C#N)-c2cc(C#N)ccc2C3)c1. The number of H-pyrrole nitrogens is 1. The number of hydrogen-bond donors (Lipinski definition) is 1. The third-order valence-electron chi connectivity index (χ3n) is 4.47. The second-order valence-electron chi connectivity index (χ2n) is 6.08. The lowest BCUT2D eigenvalue weighted by atomic mass is 9.95. The van der Waals surface area contributed by atoms with Crippen molar-refractivity contribution < 1.29 is 0 Å². The van der Waals surface area contributed by atoms with Gasteiger partial charge in [0.25, 0.3) is 5.56 Å². The average Bonchev–Trinajstić information content (AvgIpc) is 2.97. The Morgan fingerprint density at radius 3 is 2.72 bits per heavy atom. The van der Waals surface area contributed by atoms with Gasteiger partial charge in [-0.05, 0) is 41.8 Å². The molecule has 0 saturated heterocycles. The lowest BCUT2D eigenvalue weighted by Gasteiger charge is -2.11. The highest BCUT2D eigenvalue weighted by Crippen LogP contribution is 2.41. The normalized spacial score (nSPS) is 11.3. The van der Waals surface area contributed by atoms with Crippen molar-refractivity contribution in [1.29, 1.82) is 10.5 Å². The molecule has 0 atom stereocenters. The number of nitriles is 2. The third-order valence-corrected chi connectivity index (χ3v) is 4.47. The molecule has 0 unspecified atom stereocenters. The molecule has 0 amide bonds. The molecule has 1 N–H and O–H groups in total. The number of nitrogens with one attached hydrogen (secondary N) is 1. The Labute approximate surface area is 143 Å². The highest BCUT2D eigenvalue weighted by molar-refractivity contribution is 5.85. The third kappa shape index (κ3) is 2.22. The molecular formula is C20H12N4O. The molecule has 0 fully saturated rings. The summed E-state index contributed by atoms with van der Waals surface area (Å²) in [6.45, 7) is 1.92. The van der Waals surface area contributed by atoms with E-state index in [9.17, 15) is 10.1 Å².